The predicted molar refractivity (Wildman–Crippen MR) is 48.6 cm³/mol. The molecular weight excluding hydrogens is 226 g/mol. The molecule has 0 aliphatic rings. The lowest BCUT2D eigenvalue weighted by Crippen LogP contribution is -2.10. The molecule has 0 aliphatic heterocycles. The predicted octanol–water partition coefficient (Wildman–Crippen LogP) is 1.29. The normalized spacial score (nSPS) is 9.67. The van der Waals surface area contributed by atoms with Crippen LogP contribution < -0.4 is 9.96 Å². The molecule has 0 heterocycles. The third-order valence-electron chi connectivity index (χ3n) is 1.34. The van der Waals surface area contributed by atoms with Crippen molar-refractivity contribution < 1.29 is 15.2 Å². The van der Waals surface area contributed by atoms with Gasteiger partial charge in [0.2, 0.25) is 0 Å². The summed E-state index contributed by atoms with van der Waals surface area (Å²) in [5.41, 5.74) is 0.348. The molecule has 0 amide bonds. The van der Waals surface area contributed by atoms with Gasteiger partial charge >= 0.3 is 0 Å². The summed E-state index contributed by atoms with van der Waals surface area (Å²) in [4.78, 5) is 0. The van der Waals surface area contributed by atoms with Crippen molar-refractivity contribution in [2.24, 2.45) is 0 Å². The molecule has 4 nitrogen and oxygen atoms in total. The van der Waals surface area contributed by atoms with Crippen molar-refractivity contribution in [3.05, 3.63) is 22.7 Å². The summed E-state index contributed by atoms with van der Waals surface area (Å²) in [5.74, 6) is 0.589. The number of anilines is 1. The highest BCUT2D eigenvalue weighted by Crippen LogP contribution is 2.25. The molecule has 0 radical (unpaired) electrons. The van der Waals surface area contributed by atoms with Crippen LogP contribution in [-0.4, -0.2) is 17.5 Å². The molecule has 0 aromatic heterocycles. The van der Waals surface area contributed by atoms with Gasteiger partial charge in [0, 0.05) is 10.5 Å². The first-order valence-corrected chi connectivity index (χ1v) is 3.97. The Bertz CT molecular complexity index is 277. The van der Waals surface area contributed by atoms with Gasteiger partial charge in [-0.2, -0.15) is 0 Å². The van der Waals surface area contributed by atoms with Crippen LogP contribution in [0.4, 0.5) is 5.69 Å². The van der Waals surface area contributed by atoms with Crippen molar-refractivity contribution in [1.29, 1.82) is 0 Å². The van der Waals surface area contributed by atoms with Crippen molar-refractivity contribution in [2.75, 3.05) is 12.3 Å². The van der Waals surface area contributed by atoms with Crippen LogP contribution in [0.15, 0.2) is 22.7 Å². The number of benzene rings is 1. The molecule has 1 rings (SSSR count). The van der Waals surface area contributed by atoms with Gasteiger partial charge in [-0.15, -0.1) is 0 Å². The monoisotopic (exact) mass is 234 g/mol. The molecule has 0 saturated heterocycles. The first-order chi connectivity index (χ1) is 5.63. The molecule has 0 aliphatic carbocycles. The largest absolute Gasteiger partial charge is 0.497 e. The van der Waals surface area contributed by atoms with Crippen LogP contribution in [0.1, 0.15) is 0 Å². The molecule has 0 spiro atoms. The minimum Gasteiger partial charge on any atom is -0.497 e. The highest BCUT2D eigenvalue weighted by molar-refractivity contribution is 9.10. The van der Waals surface area contributed by atoms with E-state index in [0.29, 0.717) is 11.4 Å². The third kappa shape index (κ3) is 2.10. The fourth-order valence-corrected chi connectivity index (χ4v) is 1.25. The van der Waals surface area contributed by atoms with E-state index in [1.54, 1.807) is 18.2 Å². The highest BCUT2D eigenvalue weighted by Gasteiger charge is 2.06. The third-order valence-corrected chi connectivity index (χ3v) is 1.79. The zero-order valence-corrected chi connectivity index (χ0v) is 8.00. The molecule has 5 heteroatoms. The molecule has 0 fully saturated rings. The van der Waals surface area contributed by atoms with Crippen molar-refractivity contribution in [2.45, 2.75) is 0 Å². The van der Waals surface area contributed by atoms with Gasteiger partial charge in [-0.05, 0) is 17.4 Å². The molecular formula is C7H9BrNO3+. The van der Waals surface area contributed by atoms with Crippen molar-refractivity contribution >= 4 is 21.6 Å². The summed E-state index contributed by atoms with van der Waals surface area (Å²) in [7, 11) is 1.53. The summed E-state index contributed by atoms with van der Waals surface area (Å²) in [6, 6.07) is 4.90. The zero-order valence-electron chi connectivity index (χ0n) is 6.41. The quantitative estimate of drug-likeness (QED) is 0.620. The molecule has 66 valence electrons. The second kappa shape index (κ2) is 3.75. The number of ether oxygens (including phenoxy) is 1. The Hall–Kier alpha value is -0.780. The fourth-order valence-electron chi connectivity index (χ4n) is 0.788. The number of nitrogens with zero attached hydrogens (tertiary/aromatic N) is 1. The van der Waals surface area contributed by atoms with E-state index < -0.39 is 0 Å². The Morgan fingerprint density at radius 3 is 2.67 bits per heavy atom. The van der Waals surface area contributed by atoms with Gasteiger partial charge in [0.15, 0.2) is 0 Å². The van der Waals surface area contributed by atoms with Crippen LogP contribution in [0, 0.1) is 0 Å². The summed E-state index contributed by atoms with van der Waals surface area (Å²) in [6.07, 6.45) is 0. The van der Waals surface area contributed by atoms with E-state index >= 15 is 0 Å². The fraction of sp³-hybridized carbons (Fsp3) is 0.143. The Kier molecular flexibility index (Phi) is 2.91. The van der Waals surface area contributed by atoms with Crippen LogP contribution in [0.3, 0.4) is 0 Å². The number of hydrogen-bond donors (Lipinski definition) is 1. The maximum Gasteiger partial charge on any atom is 0.146 e. The van der Waals surface area contributed by atoms with Gasteiger partial charge in [0.05, 0.1) is 7.11 Å². The van der Waals surface area contributed by atoms with E-state index in [-0.39, 0.29) is 5.23 Å². The van der Waals surface area contributed by atoms with Gasteiger partial charge in [0.1, 0.15) is 11.4 Å². The zero-order chi connectivity index (χ0) is 9.14. The van der Waals surface area contributed by atoms with Crippen molar-refractivity contribution in [3.63, 3.8) is 0 Å². The average molecular weight is 235 g/mol. The smallest absolute Gasteiger partial charge is 0.146 e. The minimum atomic E-state index is 0.285. The first-order valence-electron chi connectivity index (χ1n) is 3.18. The molecule has 1 aromatic carbocycles. The maximum absolute atomic E-state index is 8.79. The second-order valence-corrected chi connectivity index (χ2v) is 3.08. The number of halogens is 1. The van der Waals surface area contributed by atoms with Gasteiger partial charge in [-0.25, -0.2) is 5.21 Å². The highest BCUT2D eigenvalue weighted by atomic mass is 79.9. The molecule has 1 aromatic rings. The number of methoxy groups -OCH3 is 1. The van der Waals surface area contributed by atoms with Crippen LogP contribution in [-0.2, 0) is 0 Å². The lowest BCUT2D eigenvalue weighted by atomic mass is 10.3. The lowest BCUT2D eigenvalue weighted by Gasteiger charge is -2.06. The number of rotatable bonds is 2. The van der Waals surface area contributed by atoms with Gasteiger partial charge in [-0.3, -0.25) is 5.21 Å². The minimum absolute atomic E-state index is 0.285. The van der Waals surface area contributed by atoms with E-state index in [1.807, 2.05) is 0 Å². The molecule has 3 N–H and O–H groups in total. The molecule has 0 unspecified atom stereocenters. The average Bonchev–Trinajstić information content (AvgIpc) is 2.03. The Labute approximate surface area is 78.0 Å². The summed E-state index contributed by atoms with van der Waals surface area (Å²) >= 11 is 3.22. The molecule has 12 heavy (non-hydrogen) atoms. The Morgan fingerprint density at radius 2 is 2.17 bits per heavy atom. The maximum atomic E-state index is 8.79. The van der Waals surface area contributed by atoms with E-state index in [9.17, 15) is 0 Å². The standard InChI is InChI=1S/C7H8BrNO3/c1-12-7-3-5(8)2-6(4-7)9(10)11/h2-4,10-11H,1H3/p+1. The Balaban J connectivity index is 3.06. The van der Waals surface area contributed by atoms with Gasteiger partial charge < -0.3 is 4.74 Å². The van der Waals surface area contributed by atoms with Gasteiger partial charge in [-0.1, -0.05) is 15.9 Å². The van der Waals surface area contributed by atoms with Crippen LogP contribution in [0.25, 0.3) is 0 Å². The van der Waals surface area contributed by atoms with E-state index in [0.717, 1.165) is 4.47 Å². The molecule has 0 saturated carbocycles. The van der Waals surface area contributed by atoms with Crippen molar-refractivity contribution in [3.8, 4) is 5.75 Å². The van der Waals surface area contributed by atoms with Crippen LogP contribution >= 0.6 is 15.9 Å². The second-order valence-electron chi connectivity index (χ2n) is 2.16. The van der Waals surface area contributed by atoms with E-state index in [4.69, 9.17) is 15.2 Å². The first kappa shape index (κ1) is 9.31. The summed E-state index contributed by atoms with van der Waals surface area (Å²) in [6.45, 7) is 0. The SMILES string of the molecule is COc1cc(Br)cc(N(O)[OH2+])c1. The lowest BCUT2D eigenvalue weighted by molar-refractivity contribution is 0.0290. The van der Waals surface area contributed by atoms with Crippen molar-refractivity contribution in [1.82, 2.24) is 0 Å². The molecule has 0 bridgehead atoms. The van der Waals surface area contributed by atoms with Gasteiger partial charge in [0.25, 0.3) is 0 Å². The number of hydrogen-bond acceptors (Lipinski definition) is 3. The van der Waals surface area contributed by atoms with Crippen LogP contribution in [0.2, 0.25) is 0 Å². The van der Waals surface area contributed by atoms with E-state index in [2.05, 4.69) is 15.9 Å². The Morgan fingerprint density at radius 1 is 1.50 bits per heavy atom. The summed E-state index contributed by atoms with van der Waals surface area (Å²) in [5, 5.41) is 16.0. The topological polar surface area (TPSA) is 55.6 Å². The van der Waals surface area contributed by atoms with E-state index in [1.165, 1.54) is 7.11 Å². The summed E-state index contributed by atoms with van der Waals surface area (Å²) < 4.78 is 5.69. The van der Waals surface area contributed by atoms with Crippen LogP contribution in [0.5, 0.6) is 5.75 Å². The molecule has 0 atom stereocenters.